The molecule has 0 amide bonds. The van der Waals surface area contributed by atoms with Crippen molar-refractivity contribution in [2.75, 3.05) is 32.8 Å². The fourth-order valence-corrected chi connectivity index (χ4v) is 2.55. The molecule has 16 heavy (non-hydrogen) atoms. The number of ether oxygens (including phenoxy) is 1. The van der Waals surface area contributed by atoms with Crippen molar-refractivity contribution in [3.63, 3.8) is 0 Å². The van der Waals surface area contributed by atoms with E-state index in [4.69, 9.17) is 10.5 Å². The van der Waals surface area contributed by atoms with Crippen molar-refractivity contribution in [3.05, 3.63) is 0 Å². The van der Waals surface area contributed by atoms with E-state index in [9.17, 15) is 0 Å². The Morgan fingerprint density at radius 2 is 1.88 bits per heavy atom. The number of hydrogen-bond donors (Lipinski definition) is 1. The molecule has 1 aliphatic rings. The van der Waals surface area contributed by atoms with Gasteiger partial charge >= 0.3 is 0 Å². The van der Waals surface area contributed by atoms with Crippen molar-refractivity contribution in [1.82, 2.24) is 4.90 Å². The molecule has 0 atom stereocenters. The van der Waals surface area contributed by atoms with E-state index in [0.29, 0.717) is 0 Å². The third-order valence-corrected chi connectivity index (χ3v) is 3.43. The summed E-state index contributed by atoms with van der Waals surface area (Å²) in [7, 11) is 0. The molecule has 1 saturated carbocycles. The molecule has 0 aromatic rings. The molecule has 0 aromatic carbocycles. The first-order chi connectivity index (χ1) is 7.88. The van der Waals surface area contributed by atoms with E-state index in [1.807, 2.05) is 0 Å². The molecule has 1 fully saturated rings. The highest BCUT2D eigenvalue weighted by Gasteiger charge is 2.21. The lowest BCUT2D eigenvalue weighted by molar-refractivity contribution is 0.120. The van der Waals surface area contributed by atoms with E-state index in [-0.39, 0.29) is 0 Å². The van der Waals surface area contributed by atoms with Crippen molar-refractivity contribution >= 4 is 0 Å². The number of nitrogens with zero attached hydrogens (tertiary/aromatic N) is 1. The molecular formula is C13H28N2O. The largest absolute Gasteiger partial charge is 0.382 e. The average Bonchev–Trinajstić information content (AvgIpc) is 2.82. The molecule has 0 radical (unpaired) electrons. The maximum atomic E-state index is 5.60. The maximum Gasteiger partial charge on any atom is 0.0478 e. The van der Waals surface area contributed by atoms with Crippen LogP contribution in [0.4, 0.5) is 0 Å². The van der Waals surface area contributed by atoms with Crippen LogP contribution in [0, 0.1) is 0 Å². The summed E-state index contributed by atoms with van der Waals surface area (Å²) in [6.45, 7) is 6.98. The molecule has 3 heteroatoms. The van der Waals surface area contributed by atoms with Gasteiger partial charge in [-0.15, -0.1) is 0 Å². The van der Waals surface area contributed by atoms with Crippen LogP contribution in [0.15, 0.2) is 0 Å². The second-order valence-electron chi connectivity index (χ2n) is 4.67. The van der Waals surface area contributed by atoms with Crippen LogP contribution in [0.5, 0.6) is 0 Å². The van der Waals surface area contributed by atoms with Crippen molar-refractivity contribution < 1.29 is 4.74 Å². The van der Waals surface area contributed by atoms with Crippen molar-refractivity contribution in [2.45, 2.75) is 51.5 Å². The van der Waals surface area contributed by atoms with E-state index >= 15 is 0 Å². The zero-order valence-corrected chi connectivity index (χ0v) is 10.8. The molecule has 1 rings (SSSR count). The molecular weight excluding hydrogens is 200 g/mol. The van der Waals surface area contributed by atoms with Gasteiger partial charge in [0.15, 0.2) is 0 Å². The Morgan fingerprint density at radius 1 is 1.19 bits per heavy atom. The zero-order chi connectivity index (χ0) is 11.6. The summed E-state index contributed by atoms with van der Waals surface area (Å²) in [4.78, 5) is 2.64. The van der Waals surface area contributed by atoms with Crippen molar-refractivity contribution in [1.29, 1.82) is 0 Å². The molecule has 0 aromatic heterocycles. The van der Waals surface area contributed by atoms with Gasteiger partial charge in [0, 0.05) is 25.8 Å². The topological polar surface area (TPSA) is 38.5 Å². The lowest BCUT2D eigenvalue weighted by atomic mass is 10.2. The summed E-state index contributed by atoms with van der Waals surface area (Å²) < 4.78 is 5.40. The first kappa shape index (κ1) is 13.9. The Labute approximate surface area is 100 Å². The second kappa shape index (κ2) is 8.97. The van der Waals surface area contributed by atoms with Crippen LogP contribution in [-0.2, 0) is 4.74 Å². The summed E-state index contributed by atoms with van der Waals surface area (Å²) in [6, 6.07) is 0.827. The van der Waals surface area contributed by atoms with E-state index in [1.165, 1.54) is 38.8 Å². The van der Waals surface area contributed by atoms with Crippen LogP contribution in [-0.4, -0.2) is 43.8 Å². The molecule has 3 nitrogen and oxygen atoms in total. The van der Waals surface area contributed by atoms with Crippen LogP contribution in [0.2, 0.25) is 0 Å². The van der Waals surface area contributed by atoms with Crippen LogP contribution in [0.25, 0.3) is 0 Å². The Hall–Kier alpha value is -0.120. The van der Waals surface area contributed by atoms with E-state index in [0.717, 1.165) is 38.6 Å². The number of nitrogens with two attached hydrogens (primary N) is 1. The zero-order valence-electron chi connectivity index (χ0n) is 10.8. The molecule has 0 unspecified atom stereocenters. The molecule has 96 valence electrons. The molecule has 0 heterocycles. The lowest BCUT2D eigenvalue weighted by Crippen LogP contribution is -2.36. The fourth-order valence-electron chi connectivity index (χ4n) is 2.55. The Kier molecular flexibility index (Phi) is 7.81. The van der Waals surface area contributed by atoms with Gasteiger partial charge in [-0.3, -0.25) is 0 Å². The first-order valence-corrected chi connectivity index (χ1v) is 6.90. The van der Waals surface area contributed by atoms with E-state index in [1.54, 1.807) is 0 Å². The van der Waals surface area contributed by atoms with Gasteiger partial charge in [0.25, 0.3) is 0 Å². The minimum Gasteiger partial charge on any atom is -0.382 e. The summed E-state index contributed by atoms with van der Waals surface area (Å²) >= 11 is 0. The van der Waals surface area contributed by atoms with Gasteiger partial charge in [-0.1, -0.05) is 12.8 Å². The standard InChI is InChI=1S/C13H28N2O/c1-2-16-12-6-11-15(10-5-9-14)13-7-3-4-8-13/h13H,2-12,14H2,1H3. The summed E-state index contributed by atoms with van der Waals surface area (Å²) in [5, 5.41) is 0. The number of rotatable bonds is 9. The lowest BCUT2D eigenvalue weighted by Gasteiger charge is -2.28. The van der Waals surface area contributed by atoms with Crippen LogP contribution >= 0.6 is 0 Å². The van der Waals surface area contributed by atoms with E-state index < -0.39 is 0 Å². The summed E-state index contributed by atoms with van der Waals surface area (Å²) in [5.74, 6) is 0. The summed E-state index contributed by atoms with van der Waals surface area (Å²) in [6.07, 6.45) is 7.89. The molecule has 2 N–H and O–H groups in total. The maximum absolute atomic E-state index is 5.60. The SMILES string of the molecule is CCOCCCN(CCCN)C1CCCC1. The molecule has 0 bridgehead atoms. The van der Waals surface area contributed by atoms with Gasteiger partial charge in [-0.2, -0.15) is 0 Å². The number of hydrogen-bond acceptors (Lipinski definition) is 3. The minimum atomic E-state index is 0.814. The van der Waals surface area contributed by atoms with Crippen molar-refractivity contribution in [2.24, 2.45) is 5.73 Å². The first-order valence-electron chi connectivity index (χ1n) is 6.90. The monoisotopic (exact) mass is 228 g/mol. The highest BCUT2D eigenvalue weighted by Crippen LogP contribution is 2.23. The summed E-state index contributed by atoms with van der Waals surface area (Å²) in [5.41, 5.74) is 5.60. The second-order valence-corrected chi connectivity index (χ2v) is 4.67. The molecule has 1 aliphatic carbocycles. The normalized spacial score (nSPS) is 17.4. The van der Waals surface area contributed by atoms with E-state index in [2.05, 4.69) is 11.8 Å². The van der Waals surface area contributed by atoms with Gasteiger partial charge in [0.05, 0.1) is 0 Å². The Balaban J connectivity index is 2.19. The predicted octanol–water partition coefficient (Wildman–Crippen LogP) is 2.01. The molecule has 0 saturated heterocycles. The fraction of sp³-hybridized carbons (Fsp3) is 1.00. The minimum absolute atomic E-state index is 0.814. The quantitative estimate of drug-likeness (QED) is 0.614. The smallest absolute Gasteiger partial charge is 0.0478 e. The van der Waals surface area contributed by atoms with Gasteiger partial charge in [0.2, 0.25) is 0 Å². The van der Waals surface area contributed by atoms with Gasteiger partial charge < -0.3 is 15.4 Å². The highest BCUT2D eigenvalue weighted by molar-refractivity contribution is 4.77. The highest BCUT2D eigenvalue weighted by atomic mass is 16.5. The van der Waals surface area contributed by atoms with Gasteiger partial charge in [-0.25, -0.2) is 0 Å². The van der Waals surface area contributed by atoms with Crippen molar-refractivity contribution in [3.8, 4) is 0 Å². The van der Waals surface area contributed by atoms with Crippen LogP contribution in [0.3, 0.4) is 0 Å². The van der Waals surface area contributed by atoms with Gasteiger partial charge in [-0.05, 0) is 45.7 Å². The third kappa shape index (κ3) is 5.28. The third-order valence-electron chi connectivity index (χ3n) is 3.43. The van der Waals surface area contributed by atoms with Gasteiger partial charge in [0.1, 0.15) is 0 Å². The molecule has 0 spiro atoms. The predicted molar refractivity (Wildman–Crippen MR) is 68.6 cm³/mol. The van der Waals surface area contributed by atoms with Crippen LogP contribution < -0.4 is 5.73 Å². The van der Waals surface area contributed by atoms with Crippen LogP contribution in [0.1, 0.15) is 45.4 Å². The Bertz CT molecular complexity index is 158. The Morgan fingerprint density at radius 3 is 2.50 bits per heavy atom. The molecule has 0 aliphatic heterocycles. The average molecular weight is 228 g/mol.